The van der Waals surface area contributed by atoms with Gasteiger partial charge in [-0.15, -0.1) is 23.7 Å². The number of carbonyl (C=O) groups is 2. The molecule has 3 rings (SSSR count). The van der Waals surface area contributed by atoms with E-state index in [2.05, 4.69) is 17.3 Å². The Labute approximate surface area is 163 Å². The number of carbonyl (C=O) groups excluding carboxylic acids is 2. The van der Waals surface area contributed by atoms with Crippen LogP contribution >= 0.6 is 23.7 Å². The van der Waals surface area contributed by atoms with E-state index in [0.717, 1.165) is 22.3 Å². The van der Waals surface area contributed by atoms with Crippen LogP contribution in [0, 0.1) is 12.3 Å². The number of aromatic nitrogens is 2. The van der Waals surface area contributed by atoms with Crippen LogP contribution in [0.2, 0.25) is 0 Å². The van der Waals surface area contributed by atoms with Crippen molar-refractivity contribution < 1.29 is 9.59 Å². The molecule has 0 spiro atoms. The van der Waals surface area contributed by atoms with Crippen molar-refractivity contribution in [3.8, 4) is 0 Å². The van der Waals surface area contributed by atoms with Crippen LogP contribution in [-0.4, -0.2) is 52.2 Å². The Bertz CT molecular complexity index is 798. The molecule has 0 bridgehead atoms. The van der Waals surface area contributed by atoms with Crippen molar-refractivity contribution in [2.24, 2.45) is 18.2 Å². The van der Waals surface area contributed by atoms with E-state index < -0.39 is 6.04 Å². The van der Waals surface area contributed by atoms with Gasteiger partial charge in [0.05, 0.1) is 10.6 Å². The van der Waals surface area contributed by atoms with Gasteiger partial charge < -0.3 is 16.0 Å². The Hall–Kier alpha value is -1.64. The molecule has 3 N–H and O–H groups in total. The third kappa shape index (κ3) is 3.72. The number of nitrogens with one attached hydrogen (secondary N) is 1. The van der Waals surface area contributed by atoms with Crippen LogP contribution in [0.15, 0.2) is 6.07 Å². The molecular formula is C17H26ClN5O2S. The highest BCUT2D eigenvalue weighted by atomic mass is 35.5. The molecule has 7 nitrogen and oxygen atoms in total. The van der Waals surface area contributed by atoms with Gasteiger partial charge in [-0.1, -0.05) is 6.92 Å². The molecule has 3 heterocycles. The van der Waals surface area contributed by atoms with E-state index in [1.807, 2.05) is 20.0 Å². The minimum atomic E-state index is -0.558. The zero-order valence-electron chi connectivity index (χ0n) is 15.5. The van der Waals surface area contributed by atoms with Gasteiger partial charge in [-0.25, -0.2) is 0 Å². The molecule has 9 heteroatoms. The average molecular weight is 400 g/mol. The summed E-state index contributed by atoms with van der Waals surface area (Å²) < 4.78 is 1.78. The first-order chi connectivity index (χ1) is 11.7. The molecule has 1 fully saturated rings. The quantitative estimate of drug-likeness (QED) is 0.817. The summed E-state index contributed by atoms with van der Waals surface area (Å²) >= 11 is 1.39. The third-order valence-electron chi connectivity index (χ3n) is 5.00. The molecule has 0 aliphatic carbocycles. The molecule has 2 aromatic heterocycles. The molecule has 1 saturated heterocycles. The maximum atomic E-state index is 12.6. The van der Waals surface area contributed by atoms with Crippen LogP contribution in [0.1, 0.15) is 35.6 Å². The summed E-state index contributed by atoms with van der Waals surface area (Å²) in [7, 11) is 1.86. The van der Waals surface area contributed by atoms with Crippen molar-refractivity contribution in [1.82, 2.24) is 20.0 Å². The zero-order chi connectivity index (χ0) is 18.4. The summed E-state index contributed by atoms with van der Waals surface area (Å²) in [6.07, 6.45) is 0.901. The Kier molecular flexibility index (Phi) is 5.99. The number of nitrogens with zero attached hydrogens (tertiary/aromatic N) is 3. The average Bonchev–Trinajstić information content (AvgIpc) is 3.24. The van der Waals surface area contributed by atoms with Crippen molar-refractivity contribution in [2.45, 2.75) is 33.2 Å². The van der Waals surface area contributed by atoms with Crippen LogP contribution in [0.3, 0.4) is 0 Å². The molecule has 0 saturated carbocycles. The van der Waals surface area contributed by atoms with E-state index in [0.29, 0.717) is 24.5 Å². The van der Waals surface area contributed by atoms with Crippen LogP contribution < -0.4 is 11.1 Å². The molecule has 144 valence electrons. The van der Waals surface area contributed by atoms with E-state index in [4.69, 9.17) is 5.73 Å². The number of likely N-dealkylation sites (tertiary alicyclic amines) is 1. The SMILES string of the molecule is Cc1nn(C)c2sc(C(=O)NC(C)C(=O)N3CCC(C)(CN)C3)cc12.Cl. The predicted octanol–water partition coefficient (Wildman–Crippen LogP) is 1.68. The number of rotatable bonds is 4. The van der Waals surface area contributed by atoms with Crippen molar-refractivity contribution >= 4 is 45.8 Å². The normalized spacial score (nSPS) is 20.9. The summed E-state index contributed by atoms with van der Waals surface area (Å²) in [4.78, 5) is 28.5. The van der Waals surface area contributed by atoms with Gasteiger partial charge in [0.15, 0.2) is 0 Å². The highest BCUT2D eigenvalue weighted by Gasteiger charge is 2.36. The summed E-state index contributed by atoms with van der Waals surface area (Å²) in [5, 5.41) is 8.15. The van der Waals surface area contributed by atoms with Gasteiger partial charge in [0, 0.05) is 25.5 Å². The molecule has 26 heavy (non-hydrogen) atoms. The second kappa shape index (κ2) is 7.54. The molecule has 0 aromatic carbocycles. The first kappa shape index (κ1) is 20.7. The van der Waals surface area contributed by atoms with E-state index in [9.17, 15) is 9.59 Å². The minimum Gasteiger partial charge on any atom is -0.340 e. The highest BCUT2D eigenvalue weighted by Crippen LogP contribution is 2.29. The Balaban J connectivity index is 0.00000243. The first-order valence-corrected chi connectivity index (χ1v) is 9.28. The summed E-state index contributed by atoms with van der Waals surface area (Å²) in [6.45, 7) is 7.66. The van der Waals surface area contributed by atoms with Crippen LogP contribution in [0.4, 0.5) is 0 Å². The van der Waals surface area contributed by atoms with E-state index in [1.54, 1.807) is 16.5 Å². The Morgan fingerprint density at radius 2 is 2.19 bits per heavy atom. The molecule has 2 amide bonds. The molecule has 2 atom stereocenters. The topological polar surface area (TPSA) is 93.2 Å². The van der Waals surface area contributed by atoms with Crippen molar-refractivity contribution in [3.05, 3.63) is 16.6 Å². The lowest BCUT2D eigenvalue weighted by molar-refractivity contribution is -0.132. The number of hydrogen-bond acceptors (Lipinski definition) is 5. The van der Waals surface area contributed by atoms with Gasteiger partial charge in [-0.05, 0) is 38.3 Å². The lowest BCUT2D eigenvalue weighted by Crippen LogP contribution is -2.46. The van der Waals surface area contributed by atoms with Crippen molar-refractivity contribution in [3.63, 3.8) is 0 Å². The fourth-order valence-electron chi connectivity index (χ4n) is 3.30. The second-order valence-corrected chi connectivity index (χ2v) is 8.29. The third-order valence-corrected chi connectivity index (χ3v) is 6.20. The number of aryl methyl sites for hydroxylation is 2. The second-order valence-electron chi connectivity index (χ2n) is 7.26. The van der Waals surface area contributed by atoms with E-state index in [1.165, 1.54) is 11.3 Å². The Morgan fingerprint density at radius 1 is 1.50 bits per heavy atom. The van der Waals surface area contributed by atoms with Crippen LogP contribution in [0.25, 0.3) is 10.2 Å². The molecule has 1 aliphatic rings. The first-order valence-electron chi connectivity index (χ1n) is 8.47. The molecule has 2 unspecified atom stereocenters. The number of thiophene rings is 1. The van der Waals surface area contributed by atoms with Crippen molar-refractivity contribution in [2.75, 3.05) is 19.6 Å². The molecule has 1 aliphatic heterocycles. The standard InChI is InChI=1S/C17H25N5O2S.ClH/c1-10-12-7-13(25-16(12)21(4)20-10)14(23)19-11(2)15(24)22-6-5-17(3,8-18)9-22;/h7,11H,5-6,8-9,18H2,1-4H3,(H,19,23);1H. The van der Waals surface area contributed by atoms with Gasteiger partial charge in [0.25, 0.3) is 5.91 Å². The monoisotopic (exact) mass is 399 g/mol. The molecule has 2 aromatic rings. The van der Waals surface area contributed by atoms with Crippen molar-refractivity contribution in [1.29, 1.82) is 0 Å². The zero-order valence-corrected chi connectivity index (χ0v) is 17.2. The number of hydrogen-bond donors (Lipinski definition) is 2. The maximum absolute atomic E-state index is 12.6. The largest absolute Gasteiger partial charge is 0.340 e. The number of nitrogens with two attached hydrogens (primary N) is 1. The Morgan fingerprint density at radius 3 is 2.77 bits per heavy atom. The van der Waals surface area contributed by atoms with Gasteiger partial charge in [-0.2, -0.15) is 5.10 Å². The molecular weight excluding hydrogens is 374 g/mol. The highest BCUT2D eigenvalue weighted by molar-refractivity contribution is 7.20. The fourth-order valence-corrected chi connectivity index (χ4v) is 4.33. The number of amides is 2. The maximum Gasteiger partial charge on any atom is 0.262 e. The smallest absolute Gasteiger partial charge is 0.262 e. The van der Waals surface area contributed by atoms with E-state index in [-0.39, 0.29) is 29.6 Å². The summed E-state index contributed by atoms with van der Waals surface area (Å²) in [5.41, 5.74) is 6.68. The van der Waals surface area contributed by atoms with Gasteiger partial charge in [-0.3, -0.25) is 14.3 Å². The van der Waals surface area contributed by atoms with Crippen LogP contribution in [0.5, 0.6) is 0 Å². The predicted molar refractivity (Wildman–Crippen MR) is 106 cm³/mol. The fraction of sp³-hybridized carbons (Fsp3) is 0.588. The number of fused-ring (bicyclic) bond motifs is 1. The minimum absolute atomic E-state index is 0. The van der Waals surface area contributed by atoms with Gasteiger partial charge in [0.1, 0.15) is 10.9 Å². The lowest BCUT2D eigenvalue weighted by Gasteiger charge is -2.25. The van der Waals surface area contributed by atoms with Crippen LogP contribution in [-0.2, 0) is 11.8 Å². The number of halogens is 1. The summed E-state index contributed by atoms with van der Waals surface area (Å²) in [5.74, 6) is -0.272. The van der Waals surface area contributed by atoms with E-state index >= 15 is 0 Å². The van der Waals surface area contributed by atoms with Gasteiger partial charge in [0.2, 0.25) is 5.91 Å². The summed E-state index contributed by atoms with van der Waals surface area (Å²) in [6, 6.07) is 1.29. The lowest BCUT2D eigenvalue weighted by atomic mass is 9.90. The van der Waals surface area contributed by atoms with Gasteiger partial charge >= 0.3 is 0 Å². The molecule has 0 radical (unpaired) electrons.